The van der Waals surface area contributed by atoms with E-state index in [1.165, 1.54) is 0 Å². The third-order valence-electron chi connectivity index (χ3n) is 2.38. The van der Waals surface area contributed by atoms with E-state index in [4.69, 9.17) is 4.74 Å². The Morgan fingerprint density at radius 3 is 2.38 bits per heavy atom. The Labute approximate surface area is 130 Å². The van der Waals surface area contributed by atoms with Crippen LogP contribution in [0.3, 0.4) is 0 Å². The van der Waals surface area contributed by atoms with Crippen LogP contribution in [-0.2, 0) is 11.3 Å². The zero-order valence-electron chi connectivity index (χ0n) is 12.2. The van der Waals surface area contributed by atoms with Gasteiger partial charge in [-0.15, -0.1) is 0 Å². The molecule has 1 aromatic rings. The van der Waals surface area contributed by atoms with Crippen LogP contribution in [-0.4, -0.2) is 25.1 Å². The standard InChI is InChI=1S/C14H19BrF3NO2/c1-13(2,3)19-7-10-4-5-12(11(15)6-10)21-9-20-8-14(16,17)18/h4-6,19H,7-9H2,1-3H3. The van der Waals surface area contributed by atoms with Gasteiger partial charge in [0.1, 0.15) is 12.4 Å². The molecule has 1 rings (SSSR count). The van der Waals surface area contributed by atoms with Gasteiger partial charge in [0, 0.05) is 12.1 Å². The van der Waals surface area contributed by atoms with Crippen LogP contribution < -0.4 is 10.1 Å². The first-order valence-corrected chi connectivity index (χ1v) is 7.17. The first kappa shape index (κ1) is 18.3. The van der Waals surface area contributed by atoms with Gasteiger partial charge in [-0.3, -0.25) is 0 Å². The molecule has 7 heteroatoms. The summed E-state index contributed by atoms with van der Waals surface area (Å²) in [6.45, 7) is 5.12. The second-order valence-electron chi connectivity index (χ2n) is 5.59. The lowest BCUT2D eigenvalue weighted by Gasteiger charge is -2.20. The highest BCUT2D eigenvalue weighted by Crippen LogP contribution is 2.26. The van der Waals surface area contributed by atoms with Crippen LogP contribution in [0.5, 0.6) is 5.75 Å². The van der Waals surface area contributed by atoms with Crippen molar-refractivity contribution >= 4 is 15.9 Å². The van der Waals surface area contributed by atoms with Crippen molar-refractivity contribution in [1.82, 2.24) is 5.32 Å². The van der Waals surface area contributed by atoms with Crippen LogP contribution in [0.1, 0.15) is 26.3 Å². The molecule has 3 nitrogen and oxygen atoms in total. The summed E-state index contributed by atoms with van der Waals surface area (Å²) in [6, 6.07) is 5.40. The average molecular weight is 370 g/mol. The lowest BCUT2D eigenvalue weighted by molar-refractivity contribution is -0.186. The third kappa shape index (κ3) is 8.28. The lowest BCUT2D eigenvalue weighted by atomic mass is 10.1. The predicted molar refractivity (Wildman–Crippen MR) is 78.2 cm³/mol. The van der Waals surface area contributed by atoms with Crippen LogP contribution in [0, 0.1) is 0 Å². The molecule has 0 atom stereocenters. The van der Waals surface area contributed by atoms with Crippen molar-refractivity contribution in [3.63, 3.8) is 0 Å². The summed E-state index contributed by atoms with van der Waals surface area (Å²) in [6.07, 6.45) is -4.34. The second-order valence-corrected chi connectivity index (χ2v) is 6.45. The summed E-state index contributed by atoms with van der Waals surface area (Å²) < 4.78 is 45.9. The molecule has 1 aromatic carbocycles. The molecule has 120 valence electrons. The third-order valence-corrected chi connectivity index (χ3v) is 3.00. The Balaban J connectivity index is 2.47. The Morgan fingerprint density at radius 2 is 1.86 bits per heavy atom. The van der Waals surface area contributed by atoms with Gasteiger partial charge in [0.25, 0.3) is 0 Å². The maximum absolute atomic E-state index is 11.9. The number of benzene rings is 1. The van der Waals surface area contributed by atoms with E-state index in [1.807, 2.05) is 12.1 Å². The van der Waals surface area contributed by atoms with Crippen molar-refractivity contribution in [2.75, 3.05) is 13.4 Å². The van der Waals surface area contributed by atoms with Gasteiger partial charge in [-0.2, -0.15) is 13.2 Å². The summed E-state index contributed by atoms with van der Waals surface area (Å²) in [5.74, 6) is 0.441. The molecule has 0 fully saturated rings. The number of hydrogen-bond acceptors (Lipinski definition) is 3. The lowest BCUT2D eigenvalue weighted by Crippen LogP contribution is -2.35. The van der Waals surface area contributed by atoms with Crippen molar-refractivity contribution in [1.29, 1.82) is 0 Å². The topological polar surface area (TPSA) is 30.5 Å². The fraction of sp³-hybridized carbons (Fsp3) is 0.571. The Bertz CT molecular complexity index is 459. The SMILES string of the molecule is CC(C)(C)NCc1ccc(OCOCC(F)(F)F)c(Br)c1. The molecule has 0 bridgehead atoms. The van der Waals surface area contributed by atoms with Gasteiger partial charge in [0.05, 0.1) is 4.47 Å². The number of nitrogens with one attached hydrogen (secondary N) is 1. The fourth-order valence-corrected chi connectivity index (χ4v) is 1.94. The molecule has 0 aliphatic rings. The molecule has 0 amide bonds. The van der Waals surface area contributed by atoms with E-state index in [-0.39, 0.29) is 5.54 Å². The molecule has 0 heterocycles. The molecule has 0 spiro atoms. The minimum atomic E-state index is -4.34. The molecular weight excluding hydrogens is 351 g/mol. The zero-order chi connectivity index (χ0) is 16.1. The van der Waals surface area contributed by atoms with Crippen LogP contribution in [0.2, 0.25) is 0 Å². The number of ether oxygens (including phenoxy) is 2. The number of rotatable bonds is 6. The summed E-state index contributed by atoms with van der Waals surface area (Å²) in [5, 5.41) is 3.34. The van der Waals surface area contributed by atoms with E-state index < -0.39 is 19.6 Å². The van der Waals surface area contributed by atoms with Crippen LogP contribution in [0.4, 0.5) is 13.2 Å². The predicted octanol–water partition coefficient (Wildman–Crippen LogP) is 4.25. The molecular formula is C14H19BrF3NO2. The van der Waals surface area contributed by atoms with Gasteiger partial charge in [-0.1, -0.05) is 6.07 Å². The minimum absolute atomic E-state index is 0.00703. The van der Waals surface area contributed by atoms with Crippen LogP contribution in [0.15, 0.2) is 22.7 Å². The Morgan fingerprint density at radius 1 is 1.19 bits per heavy atom. The Kier molecular flexibility index (Phi) is 6.49. The molecule has 0 radical (unpaired) electrons. The fourth-order valence-electron chi connectivity index (χ4n) is 1.40. The van der Waals surface area contributed by atoms with Gasteiger partial charge in [-0.05, 0) is 54.4 Å². The minimum Gasteiger partial charge on any atom is -0.466 e. The average Bonchev–Trinajstić information content (AvgIpc) is 2.32. The van der Waals surface area contributed by atoms with Crippen molar-refractivity contribution in [3.05, 3.63) is 28.2 Å². The van der Waals surface area contributed by atoms with E-state index in [0.717, 1.165) is 5.56 Å². The first-order chi connectivity index (χ1) is 9.57. The van der Waals surface area contributed by atoms with E-state index >= 15 is 0 Å². The number of hydrogen-bond donors (Lipinski definition) is 1. The van der Waals surface area contributed by atoms with Gasteiger partial charge >= 0.3 is 6.18 Å². The molecule has 0 unspecified atom stereocenters. The highest BCUT2D eigenvalue weighted by molar-refractivity contribution is 9.10. The molecule has 0 saturated carbocycles. The normalized spacial score (nSPS) is 12.5. The van der Waals surface area contributed by atoms with Gasteiger partial charge in [0.2, 0.25) is 0 Å². The van der Waals surface area contributed by atoms with Gasteiger partial charge < -0.3 is 14.8 Å². The highest BCUT2D eigenvalue weighted by atomic mass is 79.9. The highest BCUT2D eigenvalue weighted by Gasteiger charge is 2.27. The monoisotopic (exact) mass is 369 g/mol. The summed E-state index contributed by atoms with van der Waals surface area (Å²) in [5.41, 5.74) is 1.05. The molecule has 0 aliphatic heterocycles. The summed E-state index contributed by atoms with van der Waals surface area (Å²) in [4.78, 5) is 0. The van der Waals surface area contributed by atoms with E-state index in [9.17, 15) is 13.2 Å². The molecule has 1 N–H and O–H groups in total. The molecule has 21 heavy (non-hydrogen) atoms. The van der Waals surface area contributed by atoms with Crippen LogP contribution >= 0.6 is 15.9 Å². The van der Waals surface area contributed by atoms with Gasteiger partial charge in [-0.25, -0.2) is 0 Å². The maximum atomic E-state index is 11.9. The van der Waals surface area contributed by atoms with E-state index in [1.54, 1.807) is 6.07 Å². The van der Waals surface area contributed by atoms with Gasteiger partial charge in [0.15, 0.2) is 6.79 Å². The van der Waals surface area contributed by atoms with E-state index in [2.05, 4.69) is 46.8 Å². The number of alkyl halides is 3. The molecule has 0 saturated heterocycles. The van der Waals surface area contributed by atoms with Crippen molar-refractivity contribution in [2.24, 2.45) is 0 Å². The zero-order valence-corrected chi connectivity index (χ0v) is 13.8. The first-order valence-electron chi connectivity index (χ1n) is 6.37. The Hall–Kier alpha value is -0.790. The summed E-state index contributed by atoms with van der Waals surface area (Å²) >= 11 is 3.33. The van der Waals surface area contributed by atoms with Crippen molar-refractivity contribution in [2.45, 2.75) is 39.0 Å². The largest absolute Gasteiger partial charge is 0.466 e. The van der Waals surface area contributed by atoms with Crippen molar-refractivity contribution in [3.8, 4) is 5.75 Å². The maximum Gasteiger partial charge on any atom is 0.411 e. The van der Waals surface area contributed by atoms with E-state index in [0.29, 0.717) is 16.8 Å². The number of halogens is 4. The van der Waals surface area contributed by atoms with Crippen molar-refractivity contribution < 1.29 is 22.6 Å². The molecule has 0 aliphatic carbocycles. The quantitative estimate of drug-likeness (QED) is 0.600. The van der Waals surface area contributed by atoms with Crippen LogP contribution in [0.25, 0.3) is 0 Å². The smallest absolute Gasteiger partial charge is 0.411 e. The summed E-state index contributed by atoms with van der Waals surface area (Å²) in [7, 11) is 0. The second kappa shape index (κ2) is 7.47. The molecule has 0 aromatic heterocycles.